The molecule has 2 aromatic carbocycles. The van der Waals surface area contributed by atoms with Gasteiger partial charge in [0.2, 0.25) is 0 Å². The van der Waals surface area contributed by atoms with E-state index in [4.69, 9.17) is 16.3 Å². The fourth-order valence-electron chi connectivity index (χ4n) is 4.17. The zero-order valence-electron chi connectivity index (χ0n) is 16.5. The number of esters is 1. The Bertz CT molecular complexity index is 844. The minimum atomic E-state index is -0.315. The number of carbonyl (C=O) groups excluding carboxylic acids is 2. The largest absolute Gasteiger partial charge is 0.466 e. The Morgan fingerprint density at radius 1 is 1.07 bits per heavy atom. The van der Waals surface area contributed by atoms with Crippen molar-refractivity contribution in [3.05, 3.63) is 58.6 Å². The molecule has 3 rings (SSSR count). The van der Waals surface area contributed by atoms with E-state index < -0.39 is 0 Å². The second-order valence-electron chi connectivity index (χ2n) is 7.52. The molecular formula is C24H27ClO3. The van der Waals surface area contributed by atoms with Crippen molar-refractivity contribution in [3.63, 3.8) is 0 Å². The SMILES string of the molecule is CCOC(=O)C1CCCCC1C(=O)Cc1cc(C)c(-c2ccccc2)cc1Cl. The highest BCUT2D eigenvalue weighted by Gasteiger charge is 2.36. The highest BCUT2D eigenvalue weighted by atomic mass is 35.5. The van der Waals surface area contributed by atoms with E-state index >= 15 is 0 Å². The van der Waals surface area contributed by atoms with E-state index in [9.17, 15) is 9.59 Å². The first-order valence-corrected chi connectivity index (χ1v) is 10.4. The van der Waals surface area contributed by atoms with Gasteiger partial charge in [-0.25, -0.2) is 0 Å². The molecule has 28 heavy (non-hydrogen) atoms. The molecule has 0 radical (unpaired) electrons. The first-order chi connectivity index (χ1) is 13.5. The summed E-state index contributed by atoms with van der Waals surface area (Å²) < 4.78 is 5.20. The number of halogens is 1. The zero-order valence-corrected chi connectivity index (χ0v) is 17.3. The lowest BCUT2D eigenvalue weighted by atomic mass is 9.75. The van der Waals surface area contributed by atoms with Crippen molar-refractivity contribution in [2.24, 2.45) is 11.8 Å². The van der Waals surface area contributed by atoms with Gasteiger partial charge < -0.3 is 4.74 Å². The smallest absolute Gasteiger partial charge is 0.309 e. The van der Waals surface area contributed by atoms with Gasteiger partial charge >= 0.3 is 5.97 Å². The van der Waals surface area contributed by atoms with Gasteiger partial charge in [-0.15, -0.1) is 0 Å². The standard InChI is InChI=1S/C24H27ClO3/c1-3-28-24(27)20-12-8-7-11-19(20)23(26)14-18-13-16(2)21(15-22(18)25)17-9-5-4-6-10-17/h4-6,9-10,13,15,19-20H,3,7-8,11-12,14H2,1-2H3. The Balaban J connectivity index is 1.80. The summed E-state index contributed by atoms with van der Waals surface area (Å²) in [4.78, 5) is 25.3. The van der Waals surface area contributed by atoms with Gasteiger partial charge in [0.05, 0.1) is 12.5 Å². The number of ether oxygens (including phenoxy) is 1. The highest BCUT2D eigenvalue weighted by Crippen LogP contribution is 2.34. The number of rotatable bonds is 6. The molecule has 1 aliphatic carbocycles. The third-order valence-corrected chi connectivity index (χ3v) is 5.96. The van der Waals surface area contributed by atoms with Crippen LogP contribution < -0.4 is 0 Å². The number of carbonyl (C=O) groups is 2. The second-order valence-corrected chi connectivity index (χ2v) is 7.92. The molecule has 0 saturated heterocycles. The van der Waals surface area contributed by atoms with Crippen molar-refractivity contribution in [1.82, 2.24) is 0 Å². The van der Waals surface area contributed by atoms with E-state index in [1.165, 1.54) is 0 Å². The third kappa shape index (κ3) is 4.64. The lowest BCUT2D eigenvalue weighted by Gasteiger charge is -2.29. The van der Waals surface area contributed by atoms with E-state index in [1.54, 1.807) is 6.92 Å². The fourth-order valence-corrected chi connectivity index (χ4v) is 4.40. The van der Waals surface area contributed by atoms with Crippen molar-refractivity contribution in [2.75, 3.05) is 6.61 Å². The van der Waals surface area contributed by atoms with Crippen molar-refractivity contribution in [2.45, 2.75) is 46.0 Å². The van der Waals surface area contributed by atoms with Crippen LogP contribution >= 0.6 is 11.6 Å². The van der Waals surface area contributed by atoms with Crippen LogP contribution in [0.3, 0.4) is 0 Å². The summed E-state index contributed by atoms with van der Waals surface area (Å²) in [6.45, 7) is 4.19. The van der Waals surface area contributed by atoms with Crippen molar-refractivity contribution < 1.29 is 14.3 Å². The van der Waals surface area contributed by atoms with Gasteiger partial charge in [-0.2, -0.15) is 0 Å². The molecule has 0 aromatic heterocycles. The lowest BCUT2D eigenvalue weighted by Crippen LogP contribution is -2.34. The Kier molecular flexibility index (Phi) is 6.90. The monoisotopic (exact) mass is 398 g/mol. The van der Waals surface area contributed by atoms with Gasteiger partial charge in [-0.3, -0.25) is 9.59 Å². The van der Waals surface area contributed by atoms with Gasteiger partial charge in [0.15, 0.2) is 0 Å². The molecule has 3 nitrogen and oxygen atoms in total. The van der Waals surface area contributed by atoms with Crippen molar-refractivity contribution in [1.29, 1.82) is 0 Å². The molecule has 0 spiro atoms. The summed E-state index contributed by atoms with van der Waals surface area (Å²) in [6.07, 6.45) is 3.69. The number of Topliss-reactive ketones (excluding diaryl/α,β-unsaturated/α-hetero) is 1. The van der Waals surface area contributed by atoms with Crippen LogP contribution in [0.15, 0.2) is 42.5 Å². The fraction of sp³-hybridized carbons (Fsp3) is 0.417. The summed E-state index contributed by atoms with van der Waals surface area (Å²) in [5.74, 6) is -0.726. The van der Waals surface area contributed by atoms with Gasteiger partial charge in [-0.05, 0) is 55.0 Å². The molecule has 1 saturated carbocycles. The van der Waals surface area contributed by atoms with E-state index in [1.807, 2.05) is 37.3 Å². The Morgan fingerprint density at radius 3 is 2.43 bits per heavy atom. The summed E-state index contributed by atoms with van der Waals surface area (Å²) in [7, 11) is 0. The van der Waals surface area contributed by atoms with Crippen molar-refractivity contribution in [3.8, 4) is 11.1 Å². The third-order valence-electron chi connectivity index (χ3n) is 5.61. The van der Waals surface area contributed by atoms with Crippen molar-refractivity contribution >= 4 is 23.4 Å². The summed E-state index contributed by atoms with van der Waals surface area (Å²) >= 11 is 6.54. The zero-order chi connectivity index (χ0) is 20.1. The molecule has 1 aliphatic rings. The first-order valence-electron chi connectivity index (χ1n) is 10.0. The van der Waals surface area contributed by atoms with Gasteiger partial charge in [0.1, 0.15) is 5.78 Å². The molecule has 0 heterocycles. The summed E-state index contributed by atoms with van der Waals surface area (Å²) in [5.41, 5.74) is 4.10. The van der Waals surface area contributed by atoms with Gasteiger partial charge in [0, 0.05) is 17.4 Å². The molecule has 2 unspecified atom stereocenters. The van der Waals surface area contributed by atoms with Gasteiger partial charge in [-0.1, -0.05) is 60.8 Å². The average molecular weight is 399 g/mol. The lowest BCUT2D eigenvalue weighted by molar-refractivity contribution is -0.153. The maximum Gasteiger partial charge on any atom is 0.309 e. The number of hydrogen-bond acceptors (Lipinski definition) is 3. The van der Waals surface area contributed by atoms with Crippen LogP contribution in [0.25, 0.3) is 11.1 Å². The normalized spacial score (nSPS) is 19.2. The Labute approximate surface area is 172 Å². The number of hydrogen-bond donors (Lipinski definition) is 0. The van der Waals surface area contributed by atoms with Crippen LogP contribution in [0.5, 0.6) is 0 Å². The molecule has 0 aliphatic heterocycles. The number of aryl methyl sites for hydroxylation is 1. The summed E-state index contributed by atoms with van der Waals surface area (Å²) in [6, 6.07) is 14.0. The molecule has 0 bridgehead atoms. The molecule has 2 atom stereocenters. The van der Waals surface area contributed by atoms with E-state index in [2.05, 4.69) is 12.1 Å². The highest BCUT2D eigenvalue weighted by molar-refractivity contribution is 6.32. The molecule has 0 amide bonds. The quantitative estimate of drug-likeness (QED) is 0.578. The predicted molar refractivity (Wildman–Crippen MR) is 112 cm³/mol. The molecule has 4 heteroatoms. The minimum Gasteiger partial charge on any atom is -0.466 e. The average Bonchev–Trinajstić information content (AvgIpc) is 2.71. The first kappa shape index (κ1) is 20.6. The predicted octanol–water partition coefficient (Wildman–Crippen LogP) is 5.80. The molecule has 2 aromatic rings. The molecular weight excluding hydrogens is 372 g/mol. The van der Waals surface area contributed by atoms with Crippen LogP contribution in [0.2, 0.25) is 5.02 Å². The Hall–Kier alpha value is -2.13. The van der Waals surface area contributed by atoms with Gasteiger partial charge in [0.25, 0.3) is 0 Å². The maximum atomic E-state index is 13.0. The Morgan fingerprint density at radius 2 is 1.75 bits per heavy atom. The number of benzene rings is 2. The van der Waals surface area contributed by atoms with Crippen LogP contribution in [-0.2, 0) is 20.7 Å². The van der Waals surface area contributed by atoms with Crippen LogP contribution in [0.4, 0.5) is 0 Å². The molecule has 148 valence electrons. The topological polar surface area (TPSA) is 43.4 Å². The molecule has 0 N–H and O–H groups in total. The van der Waals surface area contributed by atoms with Crippen LogP contribution in [0, 0.1) is 18.8 Å². The van der Waals surface area contributed by atoms with Crippen LogP contribution in [-0.4, -0.2) is 18.4 Å². The second kappa shape index (κ2) is 9.38. The summed E-state index contributed by atoms with van der Waals surface area (Å²) in [5, 5.41) is 0.598. The van der Waals surface area contributed by atoms with E-state index in [0.717, 1.165) is 47.9 Å². The molecule has 1 fully saturated rings. The minimum absolute atomic E-state index is 0.0894. The maximum absolute atomic E-state index is 13.0. The number of ketones is 1. The van der Waals surface area contributed by atoms with E-state index in [0.29, 0.717) is 11.6 Å². The van der Waals surface area contributed by atoms with Crippen LogP contribution in [0.1, 0.15) is 43.7 Å². The van der Waals surface area contributed by atoms with E-state index in [-0.39, 0.29) is 30.0 Å².